The van der Waals surface area contributed by atoms with Gasteiger partial charge in [0.2, 0.25) is 0 Å². The maximum absolute atomic E-state index is 6.14. The predicted molar refractivity (Wildman–Crippen MR) is 91.9 cm³/mol. The molecule has 2 atom stereocenters. The summed E-state index contributed by atoms with van der Waals surface area (Å²) in [6, 6.07) is 8.70. The number of nitrogens with one attached hydrogen (secondary N) is 1. The van der Waals surface area contributed by atoms with E-state index in [1.54, 1.807) is 0 Å². The van der Waals surface area contributed by atoms with Gasteiger partial charge in [0, 0.05) is 17.6 Å². The minimum Gasteiger partial charge on any atom is -0.310 e. The van der Waals surface area contributed by atoms with Gasteiger partial charge in [-0.2, -0.15) is 0 Å². The minimum atomic E-state index is 0.413. The molecule has 1 N–H and O–H groups in total. The Labute approximate surface area is 134 Å². The van der Waals surface area contributed by atoms with Crippen molar-refractivity contribution in [1.82, 2.24) is 10.2 Å². The van der Waals surface area contributed by atoms with Crippen LogP contribution in [-0.4, -0.2) is 31.1 Å². The molecule has 2 unspecified atom stereocenters. The predicted octanol–water partition coefficient (Wildman–Crippen LogP) is 4.50. The average Bonchev–Trinajstić information content (AvgIpc) is 2.51. The summed E-state index contributed by atoms with van der Waals surface area (Å²) in [7, 11) is 0. The molecule has 1 aromatic rings. The van der Waals surface area contributed by atoms with Crippen molar-refractivity contribution in [2.75, 3.05) is 26.2 Å². The van der Waals surface area contributed by atoms with Crippen molar-refractivity contribution in [3.8, 4) is 0 Å². The topological polar surface area (TPSA) is 15.3 Å². The molecule has 1 saturated heterocycles. The van der Waals surface area contributed by atoms with Crippen molar-refractivity contribution >= 4 is 11.6 Å². The second-order valence-corrected chi connectivity index (χ2v) is 6.61. The van der Waals surface area contributed by atoms with Gasteiger partial charge in [0.05, 0.1) is 0 Å². The summed E-state index contributed by atoms with van der Waals surface area (Å²) >= 11 is 6.14. The Kier molecular flexibility index (Phi) is 7.01. The third-order valence-electron chi connectivity index (χ3n) is 4.62. The number of nitrogens with zero attached hydrogens (tertiary/aromatic N) is 1. The van der Waals surface area contributed by atoms with Gasteiger partial charge in [-0.15, -0.1) is 0 Å². The van der Waals surface area contributed by atoms with Crippen LogP contribution in [0.3, 0.4) is 0 Å². The molecule has 0 radical (unpaired) electrons. The largest absolute Gasteiger partial charge is 0.310 e. The van der Waals surface area contributed by atoms with Gasteiger partial charge in [-0.3, -0.25) is 0 Å². The number of benzene rings is 1. The van der Waals surface area contributed by atoms with Crippen LogP contribution >= 0.6 is 11.6 Å². The van der Waals surface area contributed by atoms with E-state index in [1.165, 1.54) is 44.5 Å². The standard InChI is InChI=1S/C18H29ClN2/c1-3-15-7-6-11-21(14-15)12-10-18(20-4-2)16-8-5-9-17(19)13-16/h5,8-9,13,15,18,20H,3-4,6-7,10-12,14H2,1-2H3. The molecular formula is C18H29ClN2. The normalized spacial score (nSPS) is 21.4. The zero-order valence-electron chi connectivity index (χ0n) is 13.4. The summed E-state index contributed by atoms with van der Waals surface area (Å²) in [6.45, 7) is 9.22. The number of hydrogen-bond donors (Lipinski definition) is 1. The maximum atomic E-state index is 6.14. The van der Waals surface area contributed by atoms with Crippen molar-refractivity contribution in [3.05, 3.63) is 34.9 Å². The third-order valence-corrected chi connectivity index (χ3v) is 4.85. The van der Waals surface area contributed by atoms with Crippen molar-refractivity contribution in [3.63, 3.8) is 0 Å². The van der Waals surface area contributed by atoms with E-state index in [2.05, 4.69) is 42.3 Å². The highest BCUT2D eigenvalue weighted by atomic mass is 35.5. The monoisotopic (exact) mass is 308 g/mol. The van der Waals surface area contributed by atoms with Gasteiger partial charge in [0.1, 0.15) is 0 Å². The Hall–Kier alpha value is -0.570. The summed E-state index contributed by atoms with van der Waals surface area (Å²) < 4.78 is 0. The van der Waals surface area contributed by atoms with E-state index >= 15 is 0 Å². The first-order valence-corrected chi connectivity index (χ1v) is 8.82. The molecule has 1 fully saturated rings. The highest BCUT2D eigenvalue weighted by molar-refractivity contribution is 6.30. The minimum absolute atomic E-state index is 0.413. The fourth-order valence-electron chi connectivity index (χ4n) is 3.36. The lowest BCUT2D eigenvalue weighted by Gasteiger charge is -2.33. The van der Waals surface area contributed by atoms with Gasteiger partial charge in [-0.1, -0.05) is 44.0 Å². The van der Waals surface area contributed by atoms with Crippen LogP contribution in [0.4, 0.5) is 0 Å². The van der Waals surface area contributed by atoms with Gasteiger partial charge >= 0.3 is 0 Å². The summed E-state index contributed by atoms with van der Waals surface area (Å²) in [5, 5.41) is 4.44. The van der Waals surface area contributed by atoms with E-state index in [1.807, 2.05) is 6.07 Å². The molecule has 1 aromatic carbocycles. The molecule has 118 valence electrons. The summed E-state index contributed by atoms with van der Waals surface area (Å²) in [5.41, 5.74) is 1.31. The lowest BCUT2D eigenvalue weighted by Crippen LogP contribution is -2.37. The molecule has 1 heterocycles. The quantitative estimate of drug-likeness (QED) is 0.797. The van der Waals surface area contributed by atoms with E-state index in [9.17, 15) is 0 Å². The number of halogens is 1. The smallest absolute Gasteiger partial charge is 0.0409 e. The third kappa shape index (κ3) is 5.28. The first kappa shape index (κ1) is 16.8. The average molecular weight is 309 g/mol. The second-order valence-electron chi connectivity index (χ2n) is 6.17. The highest BCUT2D eigenvalue weighted by Gasteiger charge is 2.19. The molecule has 2 rings (SSSR count). The van der Waals surface area contributed by atoms with Crippen molar-refractivity contribution in [2.45, 2.75) is 45.6 Å². The number of likely N-dealkylation sites (tertiary alicyclic amines) is 1. The van der Waals surface area contributed by atoms with Gasteiger partial charge in [-0.25, -0.2) is 0 Å². The second kappa shape index (κ2) is 8.77. The van der Waals surface area contributed by atoms with Crippen LogP contribution < -0.4 is 5.32 Å². The molecule has 0 spiro atoms. The van der Waals surface area contributed by atoms with Crippen LogP contribution in [0.2, 0.25) is 5.02 Å². The Morgan fingerprint density at radius 2 is 2.24 bits per heavy atom. The van der Waals surface area contributed by atoms with E-state index in [0.717, 1.165) is 23.9 Å². The molecule has 1 aliphatic rings. The van der Waals surface area contributed by atoms with Gasteiger partial charge in [0.25, 0.3) is 0 Å². The fraction of sp³-hybridized carbons (Fsp3) is 0.667. The van der Waals surface area contributed by atoms with Crippen molar-refractivity contribution in [1.29, 1.82) is 0 Å². The van der Waals surface area contributed by atoms with E-state index in [-0.39, 0.29) is 0 Å². The van der Waals surface area contributed by atoms with Crippen molar-refractivity contribution in [2.24, 2.45) is 5.92 Å². The molecule has 0 bridgehead atoms. The molecule has 0 saturated carbocycles. The van der Waals surface area contributed by atoms with E-state index in [0.29, 0.717) is 6.04 Å². The molecule has 0 aliphatic carbocycles. The zero-order valence-corrected chi connectivity index (χ0v) is 14.2. The first-order chi connectivity index (χ1) is 10.2. The number of piperidine rings is 1. The van der Waals surface area contributed by atoms with E-state index < -0.39 is 0 Å². The zero-order chi connectivity index (χ0) is 15.1. The van der Waals surface area contributed by atoms with Crippen LogP contribution in [-0.2, 0) is 0 Å². The van der Waals surface area contributed by atoms with Gasteiger partial charge in [-0.05, 0) is 62.5 Å². The van der Waals surface area contributed by atoms with Gasteiger partial charge in [0.15, 0.2) is 0 Å². The Morgan fingerprint density at radius 3 is 2.95 bits per heavy atom. The Balaban J connectivity index is 1.91. The molecule has 21 heavy (non-hydrogen) atoms. The molecule has 0 amide bonds. The highest BCUT2D eigenvalue weighted by Crippen LogP contribution is 2.23. The molecule has 2 nitrogen and oxygen atoms in total. The van der Waals surface area contributed by atoms with Crippen LogP contribution in [0.25, 0.3) is 0 Å². The maximum Gasteiger partial charge on any atom is 0.0409 e. The van der Waals surface area contributed by atoms with Crippen LogP contribution in [0, 0.1) is 5.92 Å². The van der Waals surface area contributed by atoms with Crippen LogP contribution in [0.1, 0.15) is 51.1 Å². The molecule has 1 aliphatic heterocycles. The Bertz CT molecular complexity index is 421. The van der Waals surface area contributed by atoms with E-state index in [4.69, 9.17) is 11.6 Å². The SMILES string of the molecule is CCNC(CCN1CCCC(CC)C1)c1cccc(Cl)c1. The Morgan fingerprint density at radius 1 is 1.38 bits per heavy atom. The summed E-state index contributed by atoms with van der Waals surface area (Å²) in [5.74, 6) is 0.905. The number of hydrogen-bond acceptors (Lipinski definition) is 2. The lowest BCUT2D eigenvalue weighted by molar-refractivity contribution is 0.165. The first-order valence-electron chi connectivity index (χ1n) is 8.44. The molecule has 0 aromatic heterocycles. The van der Waals surface area contributed by atoms with Crippen LogP contribution in [0.15, 0.2) is 24.3 Å². The van der Waals surface area contributed by atoms with Gasteiger partial charge < -0.3 is 10.2 Å². The summed E-state index contributed by atoms with van der Waals surface area (Å²) in [4.78, 5) is 2.65. The summed E-state index contributed by atoms with van der Waals surface area (Å²) in [6.07, 6.45) is 5.26. The molecular weight excluding hydrogens is 280 g/mol. The fourth-order valence-corrected chi connectivity index (χ4v) is 3.55. The number of rotatable bonds is 7. The lowest BCUT2D eigenvalue weighted by atomic mass is 9.95. The molecule has 3 heteroatoms. The van der Waals surface area contributed by atoms with Crippen LogP contribution in [0.5, 0.6) is 0 Å². The van der Waals surface area contributed by atoms with Crippen molar-refractivity contribution < 1.29 is 0 Å².